The van der Waals surface area contributed by atoms with Gasteiger partial charge in [0, 0.05) is 30.7 Å². The van der Waals surface area contributed by atoms with Crippen molar-refractivity contribution in [3.05, 3.63) is 28.2 Å². The fourth-order valence-electron chi connectivity index (χ4n) is 2.48. The molecule has 9 heteroatoms. The number of amides is 2. The Bertz CT molecular complexity index is 730. The lowest BCUT2D eigenvalue weighted by Crippen LogP contribution is -2.51. The topological polar surface area (TPSA) is 78.0 Å². The highest BCUT2D eigenvalue weighted by Crippen LogP contribution is 2.24. The number of carbonyl (C=O) groups excluding carboxylic acids is 2. The van der Waals surface area contributed by atoms with Crippen LogP contribution in [-0.2, 0) is 19.6 Å². The lowest BCUT2D eigenvalue weighted by atomic mass is 10.2. The second-order valence-electron chi connectivity index (χ2n) is 5.73. The van der Waals surface area contributed by atoms with E-state index in [4.69, 9.17) is 0 Å². The third-order valence-electron chi connectivity index (χ3n) is 3.92. The predicted octanol–water partition coefficient (Wildman–Crippen LogP) is 0.824. The van der Waals surface area contributed by atoms with Crippen LogP contribution in [0, 0.1) is 6.92 Å². The summed E-state index contributed by atoms with van der Waals surface area (Å²) in [6, 6.07) is 5.15. The molecule has 1 saturated heterocycles. The molecule has 0 N–H and O–H groups in total. The van der Waals surface area contributed by atoms with E-state index in [0.717, 1.165) is 27.0 Å². The summed E-state index contributed by atoms with van der Waals surface area (Å²) in [4.78, 5) is 26.4. The van der Waals surface area contributed by atoms with Crippen LogP contribution in [0.1, 0.15) is 5.56 Å². The molecule has 132 valence electrons. The number of aryl methyl sites for hydroxylation is 1. The van der Waals surface area contributed by atoms with Gasteiger partial charge < -0.3 is 9.80 Å². The smallest absolute Gasteiger partial charge is 0.243 e. The Morgan fingerprint density at radius 2 is 1.92 bits per heavy atom. The molecule has 1 aromatic rings. The molecular weight excluding hydrogens is 398 g/mol. The van der Waals surface area contributed by atoms with Gasteiger partial charge in [0.2, 0.25) is 22.3 Å². The van der Waals surface area contributed by atoms with Crippen molar-refractivity contribution in [3.8, 4) is 0 Å². The molecule has 0 radical (unpaired) electrons. The Balaban J connectivity index is 2.16. The van der Waals surface area contributed by atoms with Crippen LogP contribution in [-0.4, -0.2) is 69.5 Å². The first-order chi connectivity index (χ1) is 11.2. The largest absolute Gasteiger partial charge is 0.342 e. The zero-order valence-corrected chi connectivity index (χ0v) is 16.0. The zero-order valence-electron chi connectivity index (χ0n) is 13.6. The number of sulfonamides is 1. The molecule has 0 bridgehead atoms. The molecule has 1 aromatic carbocycles. The van der Waals surface area contributed by atoms with Crippen LogP contribution in [0.3, 0.4) is 0 Å². The van der Waals surface area contributed by atoms with Gasteiger partial charge in [-0.3, -0.25) is 13.9 Å². The van der Waals surface area contributed by atoms with Crippen molar-refractivity contribution in [1.82, 2.24) is 9.80 Å². The van der Waals surface area contributed by atoms with E-state index in [2.05, 4.69) is 15.9 Å². The van der Waals surface area contributed by atoms with Crippen molar-refractivity contribution < 1.29 is 18.0 Å². The normalized spacial score (nSPS) is 15.3. The van der Waals surface area contributed by atoms with Crippen LogP contribution < -0.4 is 4.31 Å². The van der Waals surface area contributed by atoms with E-state index < -0.39 is 10.0 Å². The molecule has 7 nitrogen and oxygen atoms in total. The van der Waals surface area contributed by atoms with Crippen LogP contribution >= 0.6 is 15.9 Å². The Morgan fingerprint density at radius 3 is 2.42 bits per heavy atom. The second kappa shape index (κ2) is 7.52. The average Bonchev–Trinajstić information content (AvgIpc) is 2.54. The van der Waals surface area contributed by atoms with Gasteiger partial charge in [-0.05, 0) is 30.7 Å². The molecule has 1 aliphatic rings. The summed E-state index contributed by atoms with van der Waals surface area (Å²) < 4.78 is 26.3. The summed E-state index contributed by atoms with van der Waals surface area (Å²) in [5.41, 5.74) is 1.34. The first-order valence-electron chi connectivity index (χ1n) is 7.43. The number of halogens is 1. The van der Waals surface area contributed by atoms with Crippen molar-refractivity contribution in [1.29, 1.82) is 0 Å². The maximum absolute atomic E-state index is 12.5. The third-order valence-corrected chi connectivity index (χ3v) is 5.96. The molecule has 1 heterocycles. The summed E-state index contributed by atoms with van der Waals surface area (Å²) in [7, 11) is -3.59. The Labute approximate surface area is 150 Å². The summed E-state index contributed by atoms with van der Waals surface area (Å²) in [5, 5.41) is 0. The SMILES string of the molecule is Cc1cc(N(CC(=O)N2CCN(C=O)CC2)S(C)(=O)=O)ccc1Br. The molecule has 0 spiro atoms. The van der Waals surface area contributed by atoms with E-state index in [1.807, 2.05) is 6.92 Å². The number of rotatable bonds is 5. The molecule has 1 aliphatic heterocycles. The minimum Gasteiger partial charge on any atom is -0.342 e. The quantitative estimate of drug-likeness (QED) is 0.664. The molecule has 1 fully saturated rings. The van der Waals surface area contributed by atoms with E-state index in [1.165, 1.54) is 0 Å². The van der Waals surface area contributed by atoms with Crippen molar-refractivity contribution in [3.63, 3.8) is 0 Å². The van der Waals surface area contributed by atoms with Crippen molar-refractivity contribution in [2.24, 2.45) is 0 Å². The lowest BCUT2D eigenvalue weighted by molar-refractivity contribution is -0.133. The van der Waals surface area contributed by atoms with E-state index >= 15 is 0 Å². The van der Waals surface area contributed by atoms with Gasteiger partial charge in [0.15, 0.2) is 0 Å². The van der Waals surface area contributed by atoms with Crippen molar-refractivity contribution in [2.45, 2.75) is 6.92 Å². The maximum Gasteiger partial charge on any atom is 0.243 e. The van der Waals surface area contributed by atoms with Crippen molar-refractivity contribution in [2.75, 3.05) is 43.3 Å². The van der Waals surface area contributed by atoms with Gasteiger partial charge >= 0.3 is 0 Å². The highest BCUT2D eigenvalue weighted by Gasteiger charge is 2.26. The van der Waals surface area contributed by atoms with Gasteiger partial charge in [-0.1, -0.05) is 15.9 Å². The summed E-state index contributed by atoms with van der Waals surface area (Å²) in [6.07, 6.45) is 1.84. The Morgan fingerprint density at radius 1 is 1.29 bits per heavy atom. The zero-order chi connectivity index (χ0) is 17.9. The van der Waals surface area contributed by atoms with E-state index in [1.54, 1.807) is 28.0 Å². The molecule has 0 aromatic heterocycles. The second-order valence-corrected chi connectivity index (χ2v) is 8.49. The minimum atomic E-state index is -3.59. The molecule has 0 atom stereocenters. The van der Waals surface area contributed by atoms with Gasteiger partial charge in [-0.15, -0.1) is 0 Å². The predicted molar refractivity (Wildman–Crippen MR) is 95.3 cm³/mol. The molecule has 0 saturated carbocycles. The highest BCUT2D eigenvalue weighted by molar-refractivity contribution is 9.10. The fraction of sp³-hybridized carbons (Fsp3) is 0.467. The van der Waals surface area contributed by atoms with E-state index in [-0.39, 0.29) is 12.5 Å². The molecular formula is C15H20BrN3O4S. The fourth-order valence-corrected chi connectivity index (χ4v) is 3.57. The molecule has 0 aliphatic carbocycles. The standard InChI is InChI=1S/C15H20BrN3O4S/c1-12-9-13(3-4-14(12)16)19(24(2,22)23)10-15(21)18-7-5-17(11-20)6-8-18/h3-4,9,11H,5-8,10H2,1-2H3. The van der Waals surface area contributed by atoms with Gasteiger partial charge in [-0.25, -0.2) is 8.42 Å². The molecule has 2 rings (SSSR count). The number of hydrogen-bond donors (Lipinski definition) is 0. The summed E-state index contributed by atoms with van der Waals surface area (Å²) in [6.45, 7) is 3.36. The monoisotopic (exact) mass is 417 g/mol. The number of hydrogen-bond acceptors (Lipinski definition) is 4. The van der Waals surface area contributed by atoms with Crippen molar-refractivity contribution >= 4 is 44.0 Å². The van der Waals surface area contributed by atoms with Crippen LogP contribution in [0.4, 0.5) is 5.69 Å². The number of carbonyl (C=O) groups is 2. The van der Waals surface area contributed by atoms with E-state index in [0.29, 0.717) is 31.9 Å². The average molecular weight is 418 g/mol. The third kappa shape index (κ3) is 4.47. The maximum atomic E-state index is 12.5. The van der Waals surface area contributed by atoms with Gasteiger partial charge in [0.05, 0.1) is 11.9 Å². The van der Waals surface area contributed by atoms with Gasteiger partial charge in [-0.2, -0.15) is 0 Å². The van der Waals surface area contributed by atoms with Gasteiger partial charge in [0.25, 0.3) is 0 Å². The highest BCUT2D eigenvalue weighted by atomic mass is 79.9. The number of anilines is 1. The number of nitrogens with zero attached hydrogens (tertiary/aromatic N) is 3. The van der Waals surface area contributed by atoms with Gasteiger partial charge in [0.1, 0.15) is 6.54 Å². The van der Waals surface area contributed by atoms with Crippen LogP contribution in [0.25, 0.3) is 0 Å². The van der Waals surface area contributed by atoms with Crippen LogP contribution in [0.2, 0.25) is 0 Å². The Hall–Kier alpha value is -1.61. The summed E-state index contributed by atoms with van der Waals surface area (Å²) in [5.74, 6) is -0.272. The number of benzene rings is 1. The van der Waals surface area contributed by atoms with Crippen LogP contribution in [0.5, 0.6) is 0 Å². The summed E-state index contributed by atoms with van der Waals surface area (Å²) >= 11 is 3.38. The molecule has 2 amide bonds. The first-order valence-corrected chi connectivity index (χ1v) is 10.1. The van der Waals surface area contributed by atoms with E-state index in [9.17, 15) is 18.0 Å². The number of piperazine rings is 1. The molecule has 0 unspecified atom stereocenters. The minimum absolute atomic E-state index is 0.249. The molecule has 24 heavy (non-hydrogen) atoms. The first kappa shape index (κ1) is 18.7. The Kier molecular flexibility index (Phi) is 5.87. The van der Waals surface area contributed by atoms with Crippen LogP contribution in [0.15, 0.2) is 22.7 Å². The lowest BCUT2D eigenvalue weighted by Gasteiger charge is -2.34.